The maximum Gasteiger partial charge on any atom is 0.129 e. The number of rotatable bonds is 1. The molecule has 16 heavy (non-hydrogen) atoms. The molecule has 2 heterocycles. The van der Waals surface area contributed by atoms with Gasteiger partial charge in [-0.25, -0.2) is 4.98 Å². The minimum Gasteiger partial charge on any atom is -0.357 e. The second-order valence-electron chi connectivity index (χ2n) is 4.18. The molecule has 0 aliphatic carbocycles. The molecule has 0 spiro atoms. The molecule has 2 nitrogen and oxygen atoms in total. The third-order valence-electron chi connectivity index (χ3n) is 3.09. The van der Waals surface area contributed by atoms with Crippen LogP contribution in [0.5, 0.6) is 0 Å². The Kier molecular flexibility index (Phi) is 2.56. The van der Waals surface area contributed by atoms with E-state index in [-0.39, 0.29) is 0 Å². The number of anilines is 1. The Hall–Kier alpha value is -1.09. The topological polar surface area (TPSA) is 16.1 Å². The van der Waals surface area contributed by atoms with Crippen molar-refractivity contribution in [3.63, 3.8) is 0 Å². The Labute approximate surface area is 103 Å². The van der Waals surface area contributed by atoms with E-state index >= 15 is 0 Å². The quantitative estimate of drug-likeness (QED) is 0.791. The van der Waals surface area contributed by atoms with Gasteiger partial charge in [0.15, 0.2) is 0 Å². The monoisotopic (exact) mass is 276 g/mol. The zero-order valence-electron chi connectivity index (χ0n) is 8.99. The molecule has 3 rings (SSSR count). The molecular weight excluding hydrogens is 264 g/mol. The van der Waals surface area contributed by atoms with Gasteiger partial charge in [0.2, 0.25) is 0 Å². The highest BCUT2D eigenvalue weighted by atomic mass is 79.9. The van der Waals surface area contributed by atoms with E-state index in [0.717, 1.165) is 28.9 Å². The second kappa shape index (κ2) is 4.06. The van der Waals surface area contributed by atoms with Gasteiger partial charge in [0, 0.05) is 22.9 Å². The summed E-state index contributed by atoms with van der Waals surface area (Å²) in [6.07, 6.45) is 2.57. The number of hydrogen-bond acceptors (Lipinski definition) is 2. The Bertz CT molecular complexity index is 518. The third kappa shape index (κ3) is 1.69. The normalized spacial score (nSPS) is 15.9. The zero-order chi connectivity index (χ0) is 11.0. The van der Waals surface area contributed by atoms with Crippen molar-refractivity contribution in [2.75, 3.05) is 18.0 Å². The van der Waals surface area contributed by atoms with Crippen molar-refractivity contribution < 1.29 is 0 Å². The van der Waals surface area contributed by atoms with E-state index in [2.05, 4.69) is 39.0 Å². The van der Waals surface area contributed by atoms with Crippen molar-refractivity contribution in [1.29, 1.82) is 0 Å². The summed E-state index contributed by atoms with van der Waals surface area (Å²) >= 11 is 3.56. The van der Waals surface area contributed by atoms with Crippen molar-refractivity contribution in [2.45, 2.75) is 12.8 Å². The lowest BCUT2D eigenvalue weighted by atomic mass is 10.2. The molecule has 82 valence electrons. The van der Waals surface area contributed by atoms with Crippen LogP contribution in [0.25, 0.3) is 10.9 Å². The van der Waals surface area contributed by atoms with Crippen LogP contribution in [0.3, 0.4) is 0 Å². The number of nitrogens with zero attached hydrogens (tertiary/aromatic N) is 2. The number of para-hydroxylation sites is 1. The lowest BCUT2D eigenvalue weighted by Gasteiger charge is -2.16. The molecule has 0 bridgehead atoms. The summed E-state index contributed by atoms with van der Waals surface area (Å²) in [4.78, 5) is 7.10. The van der Waals surface area contributed by atoms with Gasteiger partial charge in [0.05, 0.1) is 5.52 Å². The van der Waals surface area contributed by atoms with E-state index in [9.17, 15) is 0 Å². The van der Waals surface area contributed by atoms with Gasteiger partial charge in [-0.3, -0.25) is 0 Å². The molecule has 2 aromatic rings. The van der Waals surface area contributed by atoms with Crippen molar-refractivity contribution in [3.8, 4) is 0 Å². The van der Waals surface area contributed by atoms with E-state index in [1.54, 1.807) is 0 Å². The Morgan fingerprint density at radius 3 is 2.69 bits per heavy atom. The van der Waals surface area contributed by atoms with Gasteiger partial charge in [-0.05, 0) is 47.0 Å². The number of halogens is 1. The predicted molar refractivity (Wildman–Crippen MR) is 70.9 cm³/mol. The zero-order valence-corrected chi connectivity index (χ0v) is 10.6. The van der Waals surface area contributed by atoms with Crippen LogP contribution in [-0.2, 0) is 0 Å². The molecule has 0 unspecified atom stereocenters. The summed E-state index contributed by atoms with van der Waals surface area (Å²) in [5.74, 6) is 1.11. The summed E-state index contributed by atoms with van der Waals surface area (Å²) in [5, 5.41) is 1.19. The molecule has 1 aromatic heterocycles. The van der Waals surface area contributed by atoms with Crippen LogP contribution in [-0.4, -0.2) is 18.1 Å². The molecule has 0 amide bonds. The molecule has 1 saturated heterocycles. The van der Waals surface area contributed by atoms with E-state index < -0.39 is 0 Å². The summed E-state index contributed by atoms with van der Waals surface area (Å²) in [5.41, 5.74) is 1.06. The van der Waals surface area contributed by atoms with Crippen molar-refractivity contribution in [1.82, 2.24) is 4.98 Å². The fraction of sp³-hybridized carbons (Fsp3) is 0.308. The van der Waals surface area contributed by atoms with Gasteiger partial charge >= 0.3 is 0 Å². The first kappa shape index (κ1) is 10.1. The molecular formula is C13H13BrN2. The van der Waals surface area contributed by atoms with Crippen LogP contribution in [0, 0.1) is 0 Å². The molecule has 1 aliphatic rings. The number of aromatic nitrogens is 1. The fourth-order valence-corrected chi connectivity index (χ4v) is 2.69. The molecule has 3 heteroatoms. The summed E-state index contributed by atoms with van der Waals surface area (Å²) in [7, 11) is 0. The Balaban J connectivity index is 2.10. The van der Waals surface area contributed by atoms with Crippen molar-refractivity contribution >= 4 is 32.7 Å². The van der Waals surface area contributed by atoms with E-state index in [1.165, 1.54) is 18.2 Å². The average molecular weight is 277 g/mol. The van der Waals surface area contributed by atoms with Gasteiger partial charge in [-0.2, -0.15) is 0 Å². The first-order valence-electron chi connectivity index (χ1n) is 5.65. The van der Waals surface area contributed by atoms with Gasteiger partial charge < -0.3 is 4.90 Å². The van der Waals surface area contributed by atoms with Crippen LogP contribution in [0.2, 0.25) is 0 Å². The van der Waals surface area contributed by atoms with Crippen LogP contribution < -0.4 is 4.90 Å². The molecule has 1 aromatic carbocycles. The summed E-state index contributed by atoms with van der Waals surface area (Å²) in [6.45, 7) is 2.28. The average Bonchev–Trinajstić information content (AvgIpc) is 2.83. The molecule has 1 aliphatic heterocycles. The second-order valence-corrected chi connectivity index (χ2v) is 5.03. The lowest BCUT2D eigenvalue weighted by Crippen LogP contribution is -2.18. The highest BCUT2D eigenvalue weighted by Gasteiger charge is 2.13. The summed E-state index contributed by atoms with van der Waals surface area (Å²) < 4.78 is 1.08. The summed E-state index contributed by atoms with van der Waals surface area (Å²) in [6, 6.07) is 10.5. The Morgan fingerprint density at radius 2 is 1.88 bits per heavy atom. The molecule has 0 radical (unpaired) electrons. The largest absolute Gasteiger partial charge is 0.357 e. The minimum absolute atomic E-state index is 1.06. The van der Waals surface area contributed by atoms with Crippen molar-refractivity contribution in [3.05, 3.63) is 34.8 Å². The van der Waals surface area contributed by atoms with E-state index in [1.807, 2.05) is 12.1 Å². The molecule has 1 fully saturated rings. The van der Waals surface area contributed by atoms with Crippen LogP contribution in [0.15, 0.2) is 34.8 Å². The molecule has 0 saturated carbocycles. The fourth-order valence-electron chi connectivity index (χ4n) is 2.22. The SMILES string of the molecule is Brc1cccc2ccc(N3CCCC3)nc12. The van der Waals surface area contributed by atoms with Crippen LogP contribution in [0.4, 0.5) is 5.82 Å². The number of benzene rings is 1. The van der Waals surface area contributed by atoms with Gasteiger partial charge in [-0.1, -0.05) is 12.1 Å². The highest BCUT2D eigenvalue weighted by Crippen LogP contribution is 2.26. The first-order chi connectivity index (χ1) is 7.84. The van der Waals surface area contributed by atoms with Crippen molar-refractivity contribution in [2.24, 2.45) is 0 Å². The standard InChI is InChI=1S/C13H13BrN2/c14-11-5-3-4-10-6-7-12(15-13(10)11)16-8-1-2-9-16/h3-7H,1-2,8-9H2. The third-order valence-corrected chi connectivity index (χ3v) is 3.73. The van der Waals surface area contributed by atoms with Gasteiger partial charge in [-0.15, -0.1) is 0 Å². The highest BCUT2D eigenvalue weighted by molar-refractivity contribution is 9.10. The first-order valence-corrected chi connectivity index (χ1v) is 6.44. The van der Waals surface area contributed by atoms with E-state index in [0.29, 0.717) is 0 Å². The van der Waals surface area contributed by atoms with E-state index in [4.69, 9.17) is 4.98 Å². The number of pyridine rings is 1. The smallest absolute Gasteiger partial charge is 0.129 e. The van der Waals surface area contributed by atoms with Crippen LogP contribution >= 0.6 is 15.9 Å². The van der Waals surface area contributed by atoms with Gasteiger partial charge in [0.1, 0.15) is 5.82 Å². The molecule has 0 N–H and O–H groups in total. The maximum atomic E-state index is 4.74. The minimum atomic E-state index is 1.06. The van der Waals surface area contributed by atoms with Crippen LogP contribution in [0.1, 0.15) is 12.8 Å². The predicted octanol–water partition coefficient (Wildman–Crippen LogP) is 3.60. The lowest BCUT2D eigenvalue weighted by molar-refractivity contribution is 0.944. The number of fused-ring (bicyclic) bond motifs is 1. The molecule has 0 atom stereocenters. The maximum absolute atomic E-state index is 4.74. The van der Waals surface area contributed by atoms with Gasteiger partial charge in [0.25, 0.3) is 0 Å². The number of hydrogen-bond donors (Lipinski definition) is 0. The Morgan fingerprint density at radius 1 is 1.06 bits per heavy atom.